The van der Waals surface area contributed by atoms with Crippen LogP contribution < -0.4 is 5.73 Å². The van der Waals surface area contributed by atoms with Crippen LogP contribution in [-0.4, -0.2) is 14.8 Å². The highest BCUT2D eigenvalue weighted by molar-refractivity contribution is 5.15. The number of hydrogen-bond donors (Lipinski definition) is 1. The molecule has 0 saturated heterocycles. The van der Waals surface area contributed by atoms with Gasteiger partial charge in [0, 0.05) is 0 Å². The molecule has 1 aromatic carbocycles. The van der Waals surface area contributed by atoms with Gasteiger partial charge in [0.25, 0.3) is 0 Å². The summed E-state index contributed by atoms with van der Waals surface area (Å²) in [6.45, 7) is 2.90. The molecule has 0 aliphatic heterocycles. The van der Waals surface area contributed by atoms with E-state index in [2.05, 4.69) is 29.3 Å². The van der Waals surface area contributed by atoms with Crippen LogP contribution in [-0.2, 0) is 6.54 Å². The van der Waals surface area contributed by atoms with Gasteiger partial charge in [0.1, 0.15) is 12.2 Å². The van der Waals surface area contributed by atoms with Crippen LogP contribution in [0.1, 0.15) is 37.2 Å². The van der Waals surface area contributed by atoms with E-state index in [-0.39, 0.29) is 6.04 Å². The van der Waals surface area contributed by atoms with Crippen molar-refractivity contribution in [3.05, 3.63) is 48.0 Å². The third-order valence-electron chi connectivity index (χ3n) is 2.77. The van der Waals surface area contributed by atoms with Crippen molar-refractivity contribution >= 4 is 0 Å². The largest absolute Gasteiger partial charge is 0.321 e. The summed E-state index contributed by atoms with van der Waals surface area (Å²) in [5.41, 5.74) is 7.31. The minimum Gasteiger partial charge on any atom is -0.321 e. The molecule has 0 spiro atoms. The van der Waals surface area contributed by atoms with Gasteiger partial charge in [-0.3, -0.25) is 0 Å². The Bertz CT molecular complexity index is 449. The van der Waals surface area contributed by atoms with E-state index in [0.29, 0.717) is 0 Å². The third kappa shape index (κ3) is 2.91. The third-order valence-corrected chi connectivity index (χ3v) is 2.77. The van der Waals surface area contributed by atoms with Gasteiger partial charge < -0.3 is 10.3 Å². The van der Waals surface area contributed by atoms with Crippen molar-refractivity contribution in [3.8, 4) is 0 Å². The first kappa shape index (κ1) is 11.8. The number of nitrogens with two attached hydrogens (primary N) is 1. The second-order valence-corrected chi connectivity index (χ2v) is 4.20. The van der Waals surface area contributed by atoms with Gasteiger partial charge >= 0.3 is 0 Å². The molecule has 0 bridgehead atoms. The second kappa shape index (κ2) is 5.59. The highest BCUT2D eigenvalue weighted by atomic mass is 15.3. The highest BCUT2D eigenvalue weighted by Crippen LogP contribution is 2.14. The molecule has 1 aromatic heterocycles. The summed E-state index contributed by atoms with van der Waals surface area (Å²) < 4.78 is 2.02. The van der Waals surface area contributed by atoms with E-state index >= 15 is 0 Å². The number of hydrogen-bond acceptors (Lipinski definition) is 3. The van der Waals surface area contributed by atoms with E-state index < -0.39 is 0 Å². The van der Waals surface area contributed by atoms with Gasteiger partial charge in [-0.05, 0) is 12.0 Å². The summed E-state index contributed by atoms with van der Waals surface area (Å²) in [4.78, 5) is 0. The van der Waals surface area contributed by atoms with Gasteiger partial charge in [0.15, 0.2) is 0 Å². The predicted octanol–water partition coefficient (Wildman–Crippen LogP) is 2.13. The summed E-state index contributed by atoms with van der Waals surface area (Å²) in [6, 6.07) is 10.2. The molecule has 1 unspecified atom stereocenters. The van der Waals surface area contributed by atoms with Crippen molar-refractivity contribution in [1.29, 1.82) is 0 Å². The van der Waals surface area contributed by atoms with Gasteiger partial charge in [-0.25, -0.2) is 0 Å². The number of nitrogens with zero attached hydrogens (tertiary/aromatic N) is 3. The molecule has 0 aliphatic rings. The van der Waals surface area contributed by atoms with Gasteiger partial charge in [-0.2, -0.15) is 0 Å². The molecular weight excluding hydrogens is 212 g/mol. The Morgan fingerprint density at radius 3 is 2.76 bits per heavy atom. The minimum absolute atomic E-state index is 0.0220. The molecular formula is C13H18N4. The zero-order valence-electron chi connectivity index (χ0n) is 10.1. The zero-order valence-corrected chi connectivity index (χ0v) is 10.1. The van der Waals surface area contributed by atoms with Crippen molar-refractivity contribution < 1.29 is 0 Å². The van der Waals surface area contributed by atoms with Crippen molar-refractivity contribution in [3.63, 3.8) is 0 Å². The fourth-order valence-corrected chi connectivity index (χ4v) is 1.89. The van der Waals surface area contributed by atoms with E-state index in [9.17, 15) is 0 Å². The Morgan fingerprint density at radius 1 is 1.29 bits per heavy atom. The quantitative estimate of drug-likeness (QED) is 0.856. The maximum absolute atomic E-state index is 6.08. The topological polar surface area (TPSA) is 56.7 Å². The number of aromatic nitrogens is 3. The lowest BCUT2D eigenvalue weighted by molar-refractivity contribution is 0.565. The Labute approximate surface area is 101 Å². The first-order valence-electron chi connectivity index (χ1n) is 5.98. The smallest absolute Gasteiger partial charge is 0.150 e. The molecule has 0 radical (unpaired) electrons. The van der Waals surface area contributed by atoms with Gasteiger partial charge in [0.2, 0.25) is 0 Å². The van der Waals surface area contributed by atoms with E-state index in [1.165, 1.54) is 5.56 Å². The van der Waals surface area contributed by atoms with Crippen molar-refractivity contribution in [1.82, 2.24) is 14.8 Å². The highest BCUT2D eigenvalue weighted by Gasteiger charge is 2.12. The Kier molecular flexibility index (Phi) is 3.88. The van der Waals surface area contributed by atoms with E-state index in [0.717, 1.165) is 25.2 Å². The van der Waals surface area contributed by atoms with Crippen LogP contribution in [0.2, 0.25) is 0 Å². The molecule has 2 rings (SSSR count). The summed E-state index contributed by atoms with van der Waals surface area (Å²) >= 11 is 0. The SMILES string of the molecule is CCCC(N)c1nncn1Cc1ccccc1. The molecule has 0 aliphatic carbocycles. The minimum atomic E-state index is -0.0220. The van der Waals surface area contributed by atoms with E-state index in [1.807, 2.05) is 22.8 Å². The van der Waals surface area contributed by atoms with E-state index in [4.69, 9.17) is 5.73 Å². The summed E-state index contributed by atoms with van der Waals surface area (Å²) in [6.07, 6.45) is 3.74. The second-order valence-electron chi connectivity index (χ2n) is 4.20. The van der Waals surface area contributed by atoms with Crippen LogP contribution in [0.4, 0.5) is 0 Å². The fraction of sp³-hybridized carbons (Fsp3) is 0.385. The molecule has 1 atom stereocenters. The van der Waals surface area contributed by atoms with E-state index in [1.54, 1.807) is 6.33 Å². The monoisotopic (exact) mass is 230 g/mol. The van der Waals surface area contributed by atoms with Gasteiger partial charge in [0.05, 0.1) is 12.6 Å². The molecule has 4 nitrogen and oxygen atoms in total. The van der Waals surface area contributed by atoms with Gasteiger partial charge in [-0.15, -0.1) is 10.2 Å². The molecule has 0 fully saturated rings. The summed E-state index contributed by atoms with van der Waals surface area (Å²) in [7, 11) is 0. The molecule has 2 aromatic rings. The molecule has 4 heteroatoms. The Balaban J connectivity index is 2.14. The molecule has 1 heterocycles. The maximum Gasteiger partial charge on any atom is 0.150 e. The first-order chi connectivity index (χ1) is 8.31. The van der Waals surface area contributed by atoms with Crippen molar-refractivity contribution in [2.75, 3.05) is 0 Å². The number of rotatable bonds is 5. The Hall–Kier alpha value is -1.68. The predicted molar refractivity (Wildman–Crippen MR) is 67.4 cm³/mol. The normalized spacial score (nSPS) is 12.6. The lowest BCUT2D eigenvalue weighted by atomic mass is 10.1. The summed E-state index contributed by atoms with van der Waals surface area (Å²) in [5, 5.41) is 8.07. The van der Waals surface area contributed by atoms with Crippen LogP contribution in [0, 0.1) is 0 Å². The molecule has 90 valence electrons. The Morgan fingerprint density at radius 2 is 2.06 bits per heavy atom. The van der Waals surface area contributed by atoms with Crippen molar-refractivity contribution in [2.24, 2.45) is 5.73 Å². The molecule has 0 saturated carbocycles. The van der Waals surface area contributed by atoms with Crippen LogP contribution >= 0.6 is 0 Å². The molecule has 17 heavy (non-hydrogen) atoms. The van der Waals surface area contributed by atoms with Gasteiger partial charge in [-0.1, -0.05) is 43.7 Å². The fourth-order valence-electron chi connectivity index (χ4n) is 1.89. The maximum atomic E-state index is 6.08. The van der Waals surface area contributed by atoms with Crippen molar-refractivity contribution in [2.45, 2.75) is 32.4 Å². The zero-order chi connectivity index (χ0) is 12.1. The summed E-state index contributed by atoms with van der Waals surface area (Å²) in [5.74, 6) is 0.871. The average Bonchev–Trinajstić information content (AvgIpc) is 2.79. The van der Waals surface area contributed by atoms with Crippen LogP contribution in [0.5, 0.6) is 0 Å². The van der Waals surface area contributed by atoms with Crippen LogP contribution in [0.3, 0.4) is 0 Å². The lowest BCUT2D eigenvalue weighted by Crippen LogP contribution is -2.16. The standard InChI is InChI=1S/C13H18N4/c1-2-6-12(14)13-16-15-10-17(13)9-11-7-4-3-5-8-11/h3-5,7-8,10,12H,2,6,9,14H2,1H3. The first-order valence-corrected chi connectivity index (χ1v) is 5.98. The van der Waals surface area contributed by atoms with Crippen LogP contribution in [0.15, 0.2) is 36.7 Å². The average molecular weight is 230 g/mol. The number of benzene rings is 1. The molecule has 2 N–H and O–H groups in total. The molecule has 0 amide bonds. The van der Waals surface area contributed by atoms with Crippen LogP contribution in [0.25, 0.3) is 0 Å². The lowest BCUT2D eigenvalue weighted by Gasteiger charge is -2.12.